The van der Waals surface area contributed by atoms with Gasteiger partial charge in [0.1, 0.15) is 0 Å². The highest BCUT2D eigenvalue weighted by Crippen LogP contribution is 2.38. The molecule has 1 saturated heterocycles. The first-order chi connectivity index (χ1) is 8.57. The van der Waals surface area contributed by atoms with Crippen molar-refractivity contribution in [1.82, 2.24) is 0 Å². The Morgan fingerprint density at radius 1 is 1.17 bits per heavy atom. The maximum absolute atomic E-state index is 5.76. The zero-order valence-corrected chi connectivity index (χ0v) is 11.8. The molecule has 1 aliphatic rings. The minimum absolute atomic E-state index is 0.217. The summed E-state index contributed by atoms with van der Waals surface area (Å²) in [6.07, 6.45) is 1.13. The van der Waals surface area contributed by atoms with Crippen LogP contribution in [-0.2, 0) is 10.2 Å². The average molecular weight is 247 g/mol. The van der Waals surface area contributed by atoms with Crippen molar-refractivity contribution >= 4 is 0 Å². The number of hydrogen-bond acceptors (Lipinski definition) is 2. The second-order valence-electron chi connectivity index (χ2n) is 6.09. The molecule has 18 heavy (non-hydrogen) atoms. The Kier molecular flexibility index (Phi) is 4.08. The first-order valence-corrected chi connectivity index (χ1v) is 6.95. The Balaban J connectivity index is 2.17. The predicted molar refractivity (Wildman–Crippen MR) is 75.9 cm³/mol. The molecule has 1 fully saturated rings. The van der Waals surface area contributed by atoms with Crippen LogP contribution in [0.15, 0.2) is 24.3 Å². The van der Waals surface area contributed by atoms with Gasteiger partial charge < -0.3 is 10.5 Å². The fraction of sp³-hybridized carbons (Fsp3) is 0.625. The second-order valence-corrected chi connectivity index (χ2v) is 6.09. The molecule has 2 N–H and O–H groups in total. The van der Waals surface area contributed by atoms with Crippen molar-refractivity contribution in [3.8, 4) is 0 Å². The number of hydrogen-bond donors (Lipinski definition) is 1. The molecule has 2 rings (SSSR count). The van der Waals surface area contributed by atoms with E-state index in [-0.39, 0.29) is 5.41 Å². The summed E-state index contributed by atoms with van der Waals surface area (Å²) >= 11 is 0. The molecule has 1 aliphatic heterocycles. The van der Waals surface area contributed by atoms with Crippen molar-refractivity contribution in [2.75, 3.05) is 19.8 Å². The number of rotatable bonds is 5. The third-order valence-corrected chi connectivity index (χ3v) is 4.09. The van der Waals surface area contributed by atoms with Gasteiger partial charge in [-0.1, -0.05) is 45.0 Å². The highest BCUT2D eigenvalue weighted by atomic mass is 16.5. The summed E-state index contributed by atoms with van der Waals surface area (Å²) in [7, 11) is 0. The molecule has 0 aliphatic carbocycles. The van der Waals surface area contributed by atoms with E-state index in [4.69, 9.17) is 10.5 Å². The van der Waals surface area contributed by atoms with E-state index in [2.05, 4.69) is 45.0 Å². The molecular formula is C16H25NO. The minimum Gasteiger partial charge on any atom is -0.379 e. The van der Waals surface area contributed by atoms with Gasteiger partial charge in [-0.15, -0.1) is 0 Å². The molecule has 0 saturated carbocycles. The highest BCUT2D eigenvalue weighted by molar-refractivity contribution is 5.32. The molecule has 100 valence electrons. The van der Waals surface area contributed by atoms with Crippen molar-refractivity contribution in [1.29, 1.82) is 0 Å². The zero-order chi connectivity index (χ0) is 13.2. The van der Waals surface area contributed by atoms with E-state index >= 15 is 0 Å². The van der Waals surface area contributed by atoms with Crippen LogP contribution < -0.4 is 5.73 Å². The van der Waals surface area contributed by atoms with Crippen molar-refractivity contribution in [2.45, 2.75) is 38.5 Å². The first-order valence-electron chi connectivity index (χ1n) is 6.95. The van der Waals surface area contributed by atoms with Crippen molar-refractivity contribution in [3.63, 3.8) is 0 Å². The lowest BCUT2D eigenvalue weighted by atomic mass is 9.72. The lowest BCUT2D eigenvalue weighted by Crippen LogP contribution is -2.48. The third-order valence-electron chi connectivity index (χ3n) is 4.09. The summed E-state index contributed by atoms with van der Waals surface area (Å²) in [6, 6.07) is 9.07. The average Bonchev–Trinajstić information content (AvgIpc) is 2.33. The minimum atomic E-state index is 0.217. The van der Waals surface area contributed by atoms with Crippen molar-refractivity contribution in [2.24, 2.45) is 11.7 Å². The maximum atomic E-state index is 5.76. The maximum Gasteiger partial charge on any atom is 0.0585 e. The van der Waals surface area contributed by atoms with E-state index < -0.39 is 0 Å². The Labute approximate surface area is 111 Å². The molecule has 1 atom stereocenters. The molecule has 1 heterocycles. The van der Waals surface area contributed by atoms with Crippen molar-refractivity contribution in [3.05, 3.63) is 35.4 Å². The Hall–Kier alpha value is -0.860. The number of nitrogens with two attached hydrogens (primary N) is 1. The molecular weight excluding hydrogens is 222 g/mol. The normalized spacial score (nSPS) is 19.6. The predicted octanol–water partition coefficient (Wildman–Crippen LogP) is 3.06. The fourth-order valence-electron chi connectivity index (χ4n) is 2.72. The second kappa shape index (κ2) is 5.41. The van der Waals surface area contributed by atoms with Gasteiger partial charge >= 0.3 is 0 Å². The monoisotopic (exact) mass is 247 g/mol. The summed E-state index contributed by atoms with van der Waals surface area (Å²) in [5, 5.41) is 0. The van der Waals surface area contributed by atoms with Crippen LogP contribution in [0.25, 0.3) is 0 Å². The van der Waals surface area contributed by atoms with Gasteiger partial charge in [0.05, 0.1) is 13.2 Å². The molecule has 1 unspecified atom stereocenters. The molecule has 0 spiro atoms. The smallest absolute Gasteiger partial charge is 0.0585 e. The summed E-state index contributed by atoms with van der Waals surface area (Å²) in [5.74, 6) is 1.15. The van der Waals surface area contributed by atoms with E-state index in [0.29, 0.717) is 11.8 Å². The van der Waals surface area contributed by atoms with Crippen LogP contribution in [0.1, 0.15) is 44.2 Å². The molecule has 0 radical (unpaired) electrons. The summed E-state index contributed by atoms with van der Waals surface area (Å²) in [5.41, 5.74) is 8.79. The summed E-state index contributed by atoms with van der Waals surface area (Å²) in [4.78, 5) is 0. The zero-order valence-electron chi connectivity index (χ0n) is 11.8. The number of ether oxygens (including phenoxy) is 1. The summed E-state index contributed by atoms with van der Waals surface area (Å²) in [6.45, 7) is 9.13. The van der Waals surface area contributed by atoms with E-state index in [1.54, 1.807) is 0 Å². The third kappa shape index (κ3) is 2.60. The molecule has 0 aromatic heterocycles. The van der Waals surface area contributed by atoms with E-state index in [9.17, 15) is 0 Å². The molecule has 2 nitrogen and oxygen atoms in total. The Morgan fingerprint density at radius 2 is 1.78 bits per heavy atom. The quantitative estimate of drug-likeness (QED) is 0.868. The molecule has 1 aromatic carbocycles. The molecule has 2 heteroatoms. The van der Waals surface area contributed by atoms with Crippen LogP contribution in [0.2, 0.25) is 0 Å². The largest absolute Gasteiger partial charge is 0.379 e. The summed E-state index contributed by atoms with van der Waals surface area (Å²) < 4.78 is 5.47. The SMILES string of the molecule is CC(CN)CC1(c2ccc(C(C)C)cc2)COC1. The highest BCUT2D eigenvalue weighted by Gasteiger charge is 2.40. The van der Waals surface area contributed by atoms with E-state index in [1.165, 1.54) is 11.1 Å². The Morgan fingerprint density at radius 3 is 2.17 bits per heavy atom. The first kappa shape index (κ1) is 13.6. The van der Waals surface area contributed by atoms with Gasteiger partial charge in [0.25, 0.3) is 0 Å². The lowest BCUT2D eigenvalue weighted by molar-refractivity contribution is -0.0702. The lowest BCUT2D eigenvalue weighted by Gasteiger charge is -2.43. The number of benzene rings is 1. The van der Waals surface area contributed by atoms with Crippen LogP contribution in [0, 0.1) is 5.92 Å². The van der Waals surface area contributed by atoms with Crippen LogP contribution in [0.5, 0.6) is 0 Å². The molecule has 0 bridgehead atoms. The topological polar surface area (TPSA) is 35.2 Å². The van der Waals surface area contributed by atoms with Gasteiger partial charge in [0.2, 0.25) is 0 Å². The van der Waals surface area contributed by atoms with Crippen molar-refractivity contribution < 1.29 is 4.74 Å². The van der Waals surface area contributed by atoms with Gasteiger partial charge in [-0.05, 0) is 35.9 Å². The molecule has 1 aromatic rings. The standard InChI is InChI=1S/C16H25NO/c1-12(2)14-4-6-15(7-5-14)16(10-18-11-16)8-13(3)9-17/h4-7,12-13H,8-11,17H2,1-3H3. The van der Waals surface area contributed by atoms with E-state index in [1.807, 2.05) is 0 Å². The Bertz CT molecular complexity index is 379. The van der Waals surface area contributed by atoms with Gasteiger partial charge in [-0.25, -0.2) is 0 Å². The van der Waals surface area contributed by atoms with Crippen LogP contribution in [0.3, 0.4) is 0 Å². The van der Waals surface area contributed by atoms with Gasteiger partial charge in [-0.2, -0.15) is 0 Å². The van der Waals surface area contributed by atoms with Crippen LogP contribution in [-0.4, -0.2) is 19.8 Å². The van der Waals surface area contributed by atoms with Gasteiger partial charge in [-0.3, -0.25) is 0 Å². The fourth-order valence-corrected chi connectivity index (χ4v) is 2.72. The van der Waals surface area contributed by atoms with Crippen LogP contribution in [0.4, 0.5) is 0 Å². The van der Waals surface area contributed by atoms with Gasteiger partial charge in [0, 0.05) is 5.41 Å². The van der Waals surface area contributed by atoms with Crippen LogP contribution >= 0.6 is 0 Å². The molecule has 0 amide bonds. The van der Waals surface area contributed by atoms with Gasteiger partial charge in [0.15, 0.2) is 0 Å². The van der Waals surface area contributed by atoms with E-state index in [0.717, 1.165) is 26.2 Å².